The molecule has 1 heterocycles. The predicted molar refractivity (Wildman–Crippen MR) is 110 cm³/mol. The Balaban J connectivity index is 1.42. The lowest BCUT2D eigenvalue weighted by Crippen LogP contribution is -2.14. The van der Waals surface area contributed by atoms with Gasteiger partial charge in [-0.05, 0) is 54.1 Å². The Morgan fingerprint density at radius 1 is 0.931 bits per heavy atom. The molecule has 0 aliphatic rings. The van der Waals surface area contributed by atoms with Crippen LogP contribution in [0.25, 0.3) is 22.8 Å². The second-order valence-corrected chi connectivity index (χ2v) is 6.44. The van der Waals surface area contributed by atoms with Crippen molar-refractivity contribution in [2.45, 2.75) is 6.42 Å². The summed E-state index contributed by atoms with van der Waals surface area (Å²) in [4.78, 5) is 16.6. The van der Waals surface area contributed by atoms with E-state index < -0.39 is 0 Å². The molecule has 0 unspecified atom stereocenters. The summed E-state index contributed by atoms with van der Waals surface area (Å²) < 4.78 is 10.5. The molecule has 0 radical (unpaired) electrons. The Morgan fingerprint density at radius 3 is 2.31 bits per heavy atom. The third-order valence-corrected chi connectivity index (χ3v) is 4.40. The molecule has 0 bridgehead atoms. The van der Waals surface area contributed by atoms with E-state index in [-0.39, 0.29) is 5.91 Å². The normalized spacial score (nSPS) is 10.5. The van der Waals surface area contributed by atoms with Crippen LogP contribution in [0.4, 0.5) is 5.69 Å². The zero-order chi connectivity index (χ0) is 20.1. The molecular weight excluding hydrogens is 366 g/mol. The quantitative estimate of drug-likeness (QED) is 0.525. The zero-order valence-electron chi connectivity index (χ0n) is 15.8. The van der Waals surface area contributed by atoms with E-state index in [4.69, 9.17) is 9.26 Å². The number of nitrogens with one attached hydrogen (secondary N) is 1. The highest BCUT2D eigenvalue weighted by Crippen LogP contribution is 2.24. The van der Waals surface area contributed by atoms with Crippen LogP contribution in [0.15, 0.2) is 83.4 Å². The van der Waals surface area contributed by atoms with Gasteiger partial charge < -0.3 is 14.6 Å². The largest absolute Gasteiger partial charge is 0.497 e. The van der Waals surface area contributed by atoms with Crippen molar-refractivity contribution in [3.8, 4) is 28.6 Å². The molecule has 144 valence electrons. The number of rotatable bonds is 6. The molecule has 29 heavy (non-hydrogen) atoms. The maximum absolute atomic E-state index is 12.2. The van der Waals surface area contributed by atoms with E-state index in [9.17, 15) is 4.79 Å². The van der Waals surface area contributed by atoms with E-state index in [1.165, 1.54) is 0 Å². The maximum atomic E-state index is 12.2. The average molecular weight is 385 g/mol. The minimum Gasteiger partial charge on any atom is -0.497 e. The van der Waals surface area contributed by atoms with Crippen LogP contribution in [-0.4, -0.2) is 23.2 Å². The van der Waals surface area contributed by atoms with Gasteiger partial charge in [0.15, 0.2) is 0 Å². The first-order valence-corrected chi connectivity index (χ1v) is 9.13. The first-order chi connectivity index (χ1) is 14.2. The number of carbonyl (C=O) groups excluding carboxylic acids is 1. The van der Waals surface area contributed by atoms with Crippen LogP contribution in [0.5, 0.6) is 5.75 Å². The van der Waals surface area contributed by atoms with Gasteiger partial charge in [-0.2, -0.15) is 4.98 Å². The molecule has 4 rings (SSSR count). The number of benzene rings is 3. The first-order valence-electron chi connectivity index (χ1n) is 9.13. The lowest BCUT2D eigenvalue weighted by molar-refractivity contribution is -0.115. The summed E-state index contributed by atoms with van der Waals surface area (Å²) in [5, 5.41) is 6.93. The van der Waals surface area contributed by atoms with Crippen LogP contribution in [-0.2, 0) is 11.2 Å². The number of hydrogen-bond acceptors (Lipinski definition) is 5. The van der Waals surface area contributed by atoms with Crippen molar-refractivity contribution in [3.05, 3.63) is 84.4 Å². The van der Waals surface area contributed by atoms with Crippen LogP contribution < -0.4 is 10.1 Å². The van der Waals surface area contributed by atoms with Gasteiger partial charge in [0.05, 0.1) is 13.5 Å². The summed E-state index contributed by atoms with van der Waals surface area (Å²) in [5.41, 5.74) is 3.30. The lowest BCUT2D eigenvalue weighted by Gasteiger charge is -2.05. The Morgan fingerprint density at radius 2 is 1.62 bits per heavy atom. The van der Waals surface area contributed by atoms with E-state index >= 15 is 0 Å². The average Bonchev–Trinajstić information content (AvgIpc) is 3.25. The summed E-state index contributed by atoms with van der Waals surface area (Å²) in [6.45, 7) is 0. The molecule has 1 amide bonds. The Hall–Kier alpha value is -3.93. The Kier molecular flexibility index (Phi) is 5.33. The maximum Gasteiger partial charge on any atom is 0.258 e. The number of methoxy groups -OCH3 is 1. The highest BCUT2D eigenvalue weighted by atomic mass is 16.5. The SMILES string of the molecule is COc1ccc(-c2noc(-c3ccc(NC(=O)Cc4ccccc4)cc3)n2)cc1. The molecular formula is C23H19N3O3. The van der Waals surface area contributed by atoms with Gasteiger partial charge in [0, 0.05) is 16.8 Å². The third-order valence-electron chi connectivity index (χ3n) is 4.40. The molecule has 3 aromatic carbocycles. The molecule has 0 spiro atoms. The molecule has 0 saturated carbocycles. The van der Waals surface area contributed by atoms with Crippen LogP contribution in [0.1, 0.15) is 5.56 Å². The zero-order valence-corrected chi connectivity index (χ0v) is 15.8. The van der Waals surface area contributed by atoms with Crippen LogP contribution in [0.3, 0.4) is 0 Å². The topological polar surface area (TPSA) is 77.3 Å². The van der Waals surface area contributed by atoms with Gasteiger partial charge in [0.2, 0.25) is 11.7 Å². The van der Waals surface area contributed by atoms with Gasteiger partial charge in [-0.15, -0.1) is 0 Å². The van der Waals surface area contributed by atoms with Gasteiger partial charge in [-0.25, -0.2) is 0 Å². The summed E-state index contributed by atoms with van der Waals surface area (Å²) in [6.07, 6.45) is 0.331. The lowest BCUT2D eigenvalue weighted by atomic mass is 10.1. The predicted octanol–water partition coefficient (Wildman–Crippen LogP) is 4.59. The molecule has 1 N–H and O–H groups in total. The smallest absolute Gasteiger partial charge is 0.258 e. The summed E-state index contributed by atoms with van der Waals surface area (Å²) in [6, 6.07) is 24.4. The number of carbonyl (C=O) groups is 1. The van der Waals surface area contributed by atoms with E-state index in [2.05, 4.69) is 15.5 Å². The standard InChI is InChI=1S/C23H19N3O3/c1-28-20-13-9-17(10-14-20)22-25-23(29-26-22)18-7-11-19(12-8-18)24-21(27)15-16-5-3-2-4-6-16/h2-14H,15H2,1H3,(H,24,27). The van der Waals surface area contributed by atoms with Gasteiger partial charge in [-0.1, -0.05) is 35.5 Å². The fourth-order valence-corrected chi connectivity index (χ4v) is 2.88. The number of hydrogen-bond donors (Lipinski definition) is 1. The highest BCUT2D eigenvalue weighted by Gasteiger charge is 2.11. The fraction of sp³-hybridized carbons (Fsp3) is 0.0870. The first kappa shape index (κ1) is 18.4. The third kappa shape index (κ3) is 4.50. The number of anilines is 1. The molecule has 0 atom stereocenters. The second kappa shape index (κ2) is 8.39. The highest BCUT2D eigenvalue weighted by molar-refractivity contribution is 5.92. The van der Waals surface area contributed by atoms with Crippen molar-refractivity contribution in [2.24, 2.45) is 0 Å². The van der Waals surface area contributed by atoms with Crippen molar-refractivity contribution in [1.29, 1.82) is 0 Å². The van der Waals surface area contributed by atoms with Gasteiger partial charge in [0.25, 0.3) is 5.89 Å². The van der Waals surface area contributed by atoms with Crippen LogP contribution in [0.2, 0.25) is 0 Å². The van der Waals surface area contributed by atoms with Gasteiger partial charge in [-0.3, -0.25) is 4.79 Å². The number of nitrogens with zero attached hydrogens (tertiary/aromatic N) is 2. The minimum atomic E-state index is -0.0662. The van der Waals surface area contributed by atoms with E-state index in [0.29, 0.717) is 23.8 Å². The molecule has 1 aromatic heterocycles. The van der Waals surface area contributed by atoms with Crippen LogP contribution >= 0.6 is 0 Å². The van der Waals surface area contributed by atoms with Crippen molar-refractivity contribution in [1.82, 2.24) is 10.1 Å². The fourth-order valence-electron chi connectivity index (χ4n) is 2.88. The summed E-state index contributed by atoms with van der Waals surface area (Å²) in [5.74, 6) is 1.62. The van der Waals surface area contributed by atoms with E-state index in [1.54, 1.807) is 7.11 Å². The molecule has 4 aromatic rings. The Bertz CT molecular complexity index is 1090. The number of amides is 1. The van der Waals surface area contributed by atoms with E-state index in [1.807, 2.05) is 78.9 Å². The molecule has 6 heteroatoms. The monoisotopic (exact) mass is 385 g/mol. The number of ether oxygens (including phenoxy) is 1. The number of aromatic nitrogens is 2. The van der Waals surface area contributed by atoms with Crippen molar-refractivity contribution < 1.29 is 14.1 Å². The molecule has 0 aliphatic carbocycles. The molecule has 0 aliphatic heterocycles. The summed E-state index contributed by atoms with van der Waals surface area (Å²) in [7, 11) is 1.62. The van der Waals surface area contributed by atoms with Crippen molar-refractivity contribution in [3.63, 3.8) is 0 Å². The van der Waals surface area contributed by atoms with Gasteiger partial charge in [0.1, 0.15) is 5.75 Å². The molecule has 6 nitrogen and oxygen atoms in total. The second-order valence-electron chi connectivity index (χ2n) is 6.44. The van der Waals surface area contributed by atoms with Crippen molar-refractivity contribution in [2.75, 3.05) is 12.4 Å². The molecule has 0 fully saturated rings. The Labute approximate surface area is 168 Å². The minimum absolute atomic E-state index is 0.0662. The van der Waals surface area contributed by atoms with Crippen LogP contribution in [0, 0.1) is 0 Å². The van der Waals surface area contributed by atoms with Gasteiger partial charge >= 0.3 is 0 Å². The summed E-state index contributed by atoms with van der Waals surface area (Å²) >= 11 is 0. The van der Waals surface area contributed by atoms with Crippen molar-refractivity contribution >= 4 is 11.6 Å². The molecule has 0 saturated heterocycles. The van der Waals surface area contributed by atoms with E-state index in [0.717, 1.165) is 22.4 Å².